The molecule has 1 heterocycles. The molecule has 5 nitrogen and oxygen atoms in total. The van der Waals surface area contributed by atoms with E-state index >= 15 is 0 Å². The molecule has 2 N–H and O–H groups in total. The van der Waals surface area contributed by atoms with Crippen molar-refractivity contribution in [3.05, 3.63) is 0 Å². The van der Waals surface area contributed by atoms with Gasteiger partial charge in [0.25, 0.3) is 0 Å². The fourth-order valence-corrected chi connectivity index (χ4v) is 2.19. The predicted octanol–water partition coefficient (Wildman–Crippen LogP) is -0.712. The first kappa shape index (κ1) is 12.4. The van der Waals surface area contributed by atoms with E-state index in [1.54, 1.807) is 0 Å². The van der Waals surface area contributed by atoms with E-state index in [-0.39, 0.29) is 6.04 Å². The van der Waals surface area contributed by atoms with Crippen molar-refractivity contribution in [1.29, 1.82) is 0 Å². The summed E-state index contributed by atoms with van der Waals surface area (Å²) in [7, 11) is -3.22. The summed E-state index contributed by atoms with van der Waals surface area (Å²) in [6, 6.07) is 0.545. The molecule has 0 radical (unpaired) electrons. The van der Waals surface area contributed by atoms with Crippen LogP contribution in [0.25, 0.3) is 0 Å². The molecular weight excluding hydrogens is 216 g/mol. The van der Waals surface area contributed by atoms with E-state index in [1.165, 1.54) is 0 Å². The molecule has 0 aromatic carbocycles. The Balaban J connectivity index is 2.33. The van der Waals surface area contributed by atoms with E-state index in [1.807, 2.05) is 0 Å². The molecule has 15 heavy (non-hydrogen) atoms. The highest BCUT2D eigenvalue weighted by Crippen LogP contribution is 2.07. The van der Waals surface area contributed by atoms with Crippen LogP contribution in [0.1, 0.15) is 19.8 Å². The van der Waals surface area contributed by atoms with Crippen molar-refractivity contribution in [3.8, 4) is 0 Å². The molecule has 1 rings (SSSR count). The van der Waals surface area contributed by atoms with E-state index in [9.17, 15) is 13.2 Å². The molecule has 2 unspecified atom stereocenters. The lowest BCUT2D eigenvalue weighted by Gasteiger charge is -2.28. The van der Waals surface area contributed by atoms with Gasteiger partial charge in [0.1, 0.15) is 5.75 Å². The Hall–Kier alpha value is -0.620. The second-order valence-electron chi connectivity index (χ2n) is 4.22. The Morgan fingerprint density at radius 3 is 2.60 bits per heavy atom. The summed E-state index contributed by atoms with van der Waals surface area (Å²) in [6.07, 6.45) is 2.97. The minimum atomic E-state index is -3.22. The average molecular weight is 234 g/mol. The number of nitrogens with one attached hydrogen (secondary N) is 2. The van der Waals surface area contributed by atoms with Gasteiger partial charge in [-0.15, -0.1) is 0 Å². The van der Waals surface area contributed by atoms with Crippen LogP contribution in [-0.4, -0.2) is 45.0 Å². The van der Waals surface area contributed by atoms with Crippen molar-refractivity contribution in [2.24, 2.45) is 0 Å². The van der Waals surface area contributed by atoms with Crippen LogP contribution in [0.5, 0.6) is 0 Å². The number of sulfone groups is 1. The van der Waals surface area contributed by atoms with Gasteiger partial charge in [-0.2, -0.15) is 0 Å². The highest BCUT2D eigenvalue weighted by molar-refractivity contribution is 7.91. The fourth-order valence-electron chi connectivity index (χ4n) is 1.63. The van der Waals surface area contributed by atoms with Crippen LogP contribution in [0.3, 0.4) is 0 Å². The number of carbonyl (C=O) groups excluding carboxylic acids is 1. The summed E-state index contributed by atoms with van der Waals surface area (Å²) < 4.78 is 21.7. The zero-order valence-electron chi connectivity index (χ0n) is 9.12. The third-order valence-electron chi connectivity index (χ3n) is 2.42. The van der Waals surface area contributed by atoms with Crippen molar-refractivity contribution in [3.63, 3.8) is 0 Å². The Kier molecular flexibility index (Phi) is 4.10. The smallest absolute Gasteiger partial charge is 0.235 e. The van der Waals surface area contributed by atoms with Crippen LogP contribution in [0.4, 0.5) is 0 Å². The van der Waals surface area contributed by atoms with Crippen molar-refractivity contribution < 1.29 is 13.2 Å². The van der Waals surface area contributed by atoms with Crippen LogP contribution in [-0.2, 0) is 14.6 Å². The third kappa shape index (κ3) is 5.13. The molecule has 0 bridgehead atoms. The Labute approximate surface area is 90.5 Å². The van der Waals surface area contributed by atoms with Gasteiger partial charge in [0.2, 0.25) is 5.91 Å². The van der Waals surface area contributed by atoms with Crippen LogP contribution in [0.2, 0.25) is 0 Å². The van der Waals surface area contributed by atoms with Gasteiger partial charge in [-0.25, -0.2) is 8.42 Å². The molecule has 1 aliphatic heterocycles. The van der Waals surface area contributed by atoms with Gasteiger partial charge >= 0.3 is 0 Å². The van der Waals surface area contributed by atoms with E-state index in [4.69, 9.17) is 0 Å². The maximum Gasteiger partial charge on any atom is 0.235 e. The van der Waals surface area contributed by atoms with Gasteiger partial charge in [-0.1, -0.05) is 0 Å². The summed E-state index contributed by atoms with van der Waals surface area (Å²) in [4.78, 5) is 11.3. The average Bonchev–Trinajstić information content (AvgIpc) is 2.05. The van der Waals surface area contributed by atoms with Crippen molar-refractivity contribution in [1.82, 2.24) is 10.6 Å². The highest BCUT2D eigenvalue weighted by Gasteiger charge is 2.20. The number of hydrogen-bond acceptors (Lipinski definition) is 4. The maximum absolute atomic E-state index is 11.3. The Morgan fingerprint density at radius 1 is 1.47 bits per heavy atom. The molecule has 88 valence electrons. The fraction of sp³-hybridized carbons (Fsp3) is 0.889. The van der Waals surface area contributed by atoms with Gasteiger partial charge < -0.3 is 10.6 Å². The zero-order valence-corrected chi connectivity index (χ0v) is 9.93. The Bertz CT molecular complexity index is 318. The third-order valence-corrected chi connectivity index (χ3v) is 3.21. The Morgan fingerprint density at radius 2 is 2.13 bits per heavy atom. The highest BCUT2D eigenvalue weighted by atomic mass is 32.2. The monoisotopic (exact) mass is 234 g/mol. The normalized spacial score (nSPS) is 27.3. The minimum Gasteiger partial charge on any atom is -0.351 e. The van der Waals surface area contributed by atoms with E-state index in [0.29, 0.717) is 6.04 Å². The molecule has 0 saturated carbocycles. The molecular formula is C9H18N2O3S. The number of amides is 1. The standard InChI is InChI=1S/C9H18N2O3S/c1-7-3-4-8(5-10-7)11-9(12)6-15(2,13)14/h7-8,10H,3-6H2,1-2H3,(H,11,12). The van der Waals surface area contributed by atoms with Gasteiger partial charge in [-0.05, 0) is 19.8 Å². The maximum atomic E-state index is 11.3. The molecule has 1 amide bonds. The molecule has 1 fully saturated rings. The van der Waals surface area contributed by atoms with Crippen LogP contribution in [0, 0.1) is 0 Å². The molecule has 6 heteroatoms. The van der Waals surface area contributed by atoms with Crippen molar-refractivity contribution in [2.75, 3.05) is 18.6 Å². The molecule has 0 aliphatic carbocycles. The molecule has 1 saturated heterocycles. The lowest BCUT2D eigenvalue weighted by molar-refractivity contribution is -0.119. The summed E-state index contributed by atoms with van der Waals surface area (Å²) in [6.45, 7) is 2.81. The van der Waals surface area contributed by atoms with Crippen LogP contribution >= 0.6 is 0 Å². The zero-order chi connectivity index (χ0) is 11.5. The first-order chi connectivity index (χ1) is 6.87. The second-order valence-corrected chi connectivity index (χ2v) is 6.36. The topological polar surface area (TPSA) is 75.3 Å². The lowest BCUT2D eigenvalue weighted by Crippen LogP contribution is -2.49. The summed E-state index contributed by atoms with van der Waals surface area (Å²) >= 11 is 0. The van der Waals surface area contributed by atoms with E-state index in [0.717, 1.165) is 25.6 Å². The first-order valence-electron chi connectivity index (χ1n) is 5.07. The summed E-state index contributed by atoms with van der Waals surface area (Å²) in [5.74, 6) is -0.821. The number of piperidine rings is 1. The van der Waals surface area contributed by atoms with Gasteiger partial charge in [-0.3, -0.25) is 4.79 Å². The number of carbonyl (C=O) groups is 1. The predicted molar refractivity (Wildman–Crippen MR) is 58.3 cm³/mol. The minimum absolute atomic E-state index is 0.0652. The van der Waals surface area contributed by atoms with Crippen LogP contribution < -0.4 is 10.6 Å². The van der Waals surface area contributed by atoms with Crippen molar-refractivity contribution in [2.45, 2.75) is 31.8 Å². The molecule has 1 aliphatic rings. The van der Waals surface area contributed by atoms with E-state index < -0.39 is 21.5 Å². The number of hydrogen-bond donors (Lipinski definition) is 2. The van der Waals surface area contributed by atoms with Gasteiger partial charge in [0.05, 0.1) is 0 Å². The van der Waals surface area contributed by atoms with Crippen LogP contribution in [0.15, 0.2) is 0 Å². The molecule has 0 spiro atoms. The molecule has 0 aromatic rings. The molecule has 2 atom stereocenters. The second kappa shape index (κ2) is 4.94. The van der Waals surface area contributed by atoms with Gasteiger partial charge in [0.15, 0.2) is 9.84 Å². The lowest BCUT2D eigenvalue weighted by atomic mass is 10.0. The van der Waals surface area contributed by atoms with Gasteiger partial charge in [0, 0.05) is 24.9 Å². The van der Waals surface area contributed by atoms with Crippen molar-refractivity contribution >= 4 is 15.7 Å². The van der Waals surface area contributed by atoms with E-state index in [2.05, 4.69) is 17.6 Å². The molecule has 0 aromatic heterocycles. The summed E-state index contributed by atoms with van der Waals surface area (Å²) in [5, 5.41) is 5.95. The number of rotatable bonds is 3. The first-order valence-corrected chi connectivity index (χ1v) is 7.13. The largest absolute Gasteiger partial charge is 0.351 e. The quantitative estimate of drug-likeness (QED) is 0.676. The SMILES string of the molecule is CC1CCC(NC(=O)CS(C)(=O)=O)CN1. The summed E-state index contributed by atoms with van der Waals surface area (Å²) in [5.41, 5.74) is 0.